The van der Waals surface area contributed by atoms with E-state index in [1.807, 2.05) is 13.8 Å². The molecule has 0 fully saturated rings. The zero-order chi connectivity index (χ0) is 11.4. The summed E-state index contributed by atoms with van der Waals surface area (Å²) in [5.41, 5.74) is 5.67. The second-order valence-corrected chi connectivity index (χ2v) is 3.82. The first-order valence-electron chi connectivity index (χ1n) is 4.88. The van der Waals surface area contributed by atoms with E-state index < -0.39 is 6.04 Å². The van der Waals surface area contributed by atoms with Gasteiger partial charge in [0.2, 0.25) is 5.91 Å². The van der Waals surface area contributed by atoms with Crippen LogP contribution in [0, 0.1) is 5.92 Å². The van der Waals surface area contributed by atoms with Crippen LogP contribution in [0.5, 0.6) is 0 Å². The van der Waals surface area contributed by atoms with Crippen molar-refractivity contribution in [2.45, 2.75) is 26.4 Å². The Labute approximate surface area is 88.9 Å². The topological polar surface area (TPSA) is 85.8 Å². The van der Waals surface area contributed by atoms with Gasteiger partial charge in [-0.2, -0.15) is 5.10 Å². The number of nitrogens with zero attached hydrogens (tertiary/aromatic N) is 3. The van der Waals surface area contributed by atoms with Gasteiger partial charge in [-0.05, 0) is 5.92 Å². The van der Waals surface area contributed by atoms with Crippen LogP contribution in [0.15, 0.2) is 6.33 Å². The lowest BCUT2D eigenvalue weighted by atomic mass is 10.1. The number of carbonyl (C=O) groups is 1. The lowest BCUT2D eigenvalue weighted by Gasteiger charge is -2.14. The lowest BCUT2D eigenvalue weighted by molar-refractivity contribution is -0.123. The van der Waals surface area contributed by atoms with Crippen molar-refractivity contribution in [1.82, 2.24) is 20.1 Å². The van der Waals surface area contributed by atoms with E-state index in [1.54, 1.807) is 18.1 Å². The summed E-state index contributed by atoms with van der Waals surface area (Å²) in [4.78, 5) is 15.5. The van der Waals surface area contributed by atoms with E-state index in [0.717, 1.165) is 0 Å². The maximum Gasteiger partial charge on any atom is 0.237 e. The van der Waals surface area contributed by atoms with Crippen LogP contribution in [0.25, 0.3) is 0 Å². The molecule has 0 aliphatic carbocycles. The molecule has 0 aromatic carbocycles. The van der Waals surface area contributed by atoms with Gasteiger partial charge in [0.15, 0.2) is 5.82 Å². The van der Waals surface area contributed by atoms with Gasteiger partial charge >= 0.3 is 0 Å². The number of nitrogens with one attached hydrogen (secondary N) is 1. The van der Waals surface area contributed by atoms with Gasteiger partial charge in [0.25, 0.3) is 0 Å². The molecule has 6 heteroatoms. The summed E-state index contributed by atoms with van der Waals surface area (Å²) < 4.78 is 1.59. The molecule has 15 heavy (non-hydrogen) atoms. The van der Waals surface area contributed by atoms with Gasteiger partial charge in [0, 0.05) is 7.05 Å². The molecule has 1 amide bonds. The van der Waals surface area contributed by atoms with Crippen molar-refractivity contribution in [2.24, 2.45) is 18.7 Å². The molecule has 3 N–H and O–H groups in total. The van der Waals surface area contributed by atoms with Crippen LogP contribution >= 0.6 is 0 Å². The number of carbonyl (C=O) groups excluding carboxylic acids is 1. The molecule has 1 aromatic heterocycles. The van der Waals surface area contributed by atoms with Gasteiger partial charge in [-0.1, -0.05) is 13.8 Å². The molecule has 0 bridgehead atoms. The number of nitrogens with two attached hydrogens (primary N) is 1. The first-order chi connectivity index (χ1) is 7.00. The highest BCUT2D eigenvalue weighted by Crippen LogP contribution is 1.98. The second kappa shape index (κ2) is 4.88. The molecule has 0 spiro atoms. The molecule has 6 nitrogen and oxygen atoms in total. The Morgan fingerprint density at radius 3 is 2.80 bits per heavy atom. The zero-order valence-corrected chi connectivity index (χ0v) is 9.27. The van der Waals surface area contributed by atoms with E-state index in [1.165, 1.54) is 0 Å². The second-order valence-electron chi connectivity index (χ2n) is 3.82. The fourth-order valence-electron chi connectivity index (χ4n) is 1.05. The zero-order valence-electron chi connectivity index (χ0n) is 9.27. The monoisotopic (exact) mass is 211 g/mol. The molecule has 1 atom stereocenters. The Balaban J connectivity index is 2.40. The van der Waals surface area contributed by atoms with Crippen molar-refractivity contribution in [2.75, 3.05) is 0 Å². The van der Waals surface area contributed by atoms with Crippen LogP contribution in [-0.2, 0) is 18.4 Å². The van der Waals surface area contributed by atoms with Gasteiger partial charge in [-0.25, -0.2) is 4.98 Å². The summed E-state index contributed by atoms with van der Waals surface area (Å²) in [5.74, 6) is 0.543. The molecule has 0 aliphatic rings. The predicted molar refractivity (Wildman–Crippen MR) is 55.7 cm³/mol. The number of aromatic nitrogens is 3. The summed E-state index contributed by atoms with van der Waals surface area (Å²) >= 11 is 0. The maximum atomic E-state index is 11.5. The summed E-state index contributed by atoms with van der Waals surface area (Å²) in [6, 6.07) is -0.478. The summed E-state index contributed by atoms with van der Waals surface area (Å²) in [7, 11) is 1.78. The fraction of sp³-hybridized carbons (Fsp3) is 0.667. The lowest BCUT2D eigenvalue weighted by Crippen LogP contribution is -2.43. The third-order valence-electron chi connectivity index (χ3n) is 2.09. The molecular formula is C9H17N5O. The van der Waals surface area contributed by atoms with Crippen molar-refractivity contribution in [3.63, 3.8) is 0 Å². The standard InChI is InChI=1S/C9H17N5O/c1-6(2)8(10)9(15)11-4-7-12-5-14(3)13-7/h5-6,8H,4,10H2,1-3H3,(H,11,15). The number of hydrogen-bond donors (Lipinski definition) is 2. The van der Waals surface area contributed by atoms with Gasteiger partial charge in [-0.3, -0.25) is 9.48 Å². The Hall–Kier alpha value is -1.43. The number of aryl methyl sites for hydroxylation is 1. The summed E-state index contributed by atoms with van der Waals surface area (Å²) in [6.45, 7) is 4.13. The number of rotatable bonds is 4. The van der Waals surface area contributed by atoms with Crippen LogP contribution in [0.4, 0.5) is 0 Å². The molecule has 84 valence electrons. The minimum atomic E-state index is -0.478. The smallest absolute Gasteiger partial charge is 0.237 e. The third kappa shape index (κ3) is 3.32. The van der Waals surface area contributed by atoms with E-state index in [-0.39, 0.29) is 11.8 Å². The Kier molecular flexibility index (Phi) is 3.79. The molecule has 1 aromatic rings. The molecule has 0 saturated carbocycles. The number of hydrogen-bond acceptors (Lipinski definition) is 4. The fourth-order valence-corrected chi connectivity index (χ4v) is 1.05. The van der Waals surface area contributed by atoms with Crippen LogP contribution in [0.1, 0.15) is 19.7 Å². The van der Waals surface area contributed by atoms with Crippen molar-refractivity contribution in [3.8, 4) is 0 Å². The minimum Gasteiger partial charge on any atom is -0.347 e. The first-order valence-corrected chi connectivity index (χ1v) is 4.88. The van der Waals surface area contributed by atoms with Crippen molar-refractivity contribution in [3.05, 3.63) is 12.2 Å². The van der Waals surface area contributed by atoms with Crippen LogP contribution < -0.4 is 11.1 Å². The normalized spacial score (nSPS) is 12.9. The average molecular weight is 211 g/mol. The van der Waals surface area contributed by atoms with Gasteiger partial charge in [0.05, 0.1) is 12.6 Å². The highest BCUT2D eigenvalue weighted by atomic mass is 16.2. The molecule has 1 unspecified atom stereocenters. The maximum absolute atomic E-state index is 11.5. The van der Waals surface area contributed by atoms with Gasteiger partial charge in [-0.15, -0.1) is 0 Å². The molecule has 0 aliphatic heterocycles. The Morgan fingerprint density at radius 1 is 1.67 bits per heavy atom. The quantitative estimate of drug-likeness (QED) is 0.697. The Morgan fingerprint density at radius 2 is 2.33 bits per heavy atom. The van der Waals surface area contributed by atoms with Crippen molar-refractivity contribution in [1.29, 1.82) is 0 Å². The number of amides is 1. The summed E-state index contributed by atoms with van der Waals surface area (Å²) in [6.07, 6.45) is 1.59. The highest BCUT2D eigenvalue weighted by molar-refractivity contribution is 5.81. The minimum absolute atomic E-state index is 0.127. The van der Waals surface area contributed by atoms with E-state index in [2.05, 4.69) is 15.4 Å². The average Bonchev–Trinajstić information content (AvgIpc) is 2.59. The van der Waals surface area contributed by atoms with Crippen LogP contribution in [0.3, 0.4) is 0 Å². The van der Waals surface area contributed by atoms with Gasteiger partial charge < -0.3 is 11.1 Å². The van der Waals surface area contributed by atoms with Crippen LogP contribution in [0.2, 0.25) is 0 Å². The van der Waals surface area contributed by atoms with Crippen molar-refractivity contribution < 1.29 is 4.79 Å². The highest BCUT2D eigenvalue weighted by Gasteiger charge is 2.16. The molecule has 0 radical (unpaired) electrons. The first kappa shape index (κ1) is 11.6. The SMILES string of the molecule is CC(C)C(N)C(=O)NCc1ncn(C)n1. The predicted octanol–water partition coefficient (Wildman–Crippen LogP) is -0.585. The molecular weight excluding hydrogens is 194 g/mol. The largest absolute Gasteiger partial charge is 0.347 e. The van der Waals surface area contributed by atoms with Crippen LogP contribution in [-0.4, -0.2) is 26.7 Å². The van der Waals surface area contributed by atoms with Gasteiger partial charge in [0.1, 0.15) is 6.33 Å². The summed E-state index contributed by atoms with van der Waals surface area (Å²) in [5, 5.41) is 6.73. The van der Waals surface area contributed by atoms with E-state index in [0.29, 0.717) is 12.4 Å². The van der Waals surface area contributed by atoms with E-state index >= 15 is 0 Å². The van der Waals surface area contributed by atoms with E-state index in [9.17, 15) is 4.79 Å². The third-order valence-corrected chi connectivity index (χ3v) is 2.09. The van der Waals surface area contributed by atoms with E-state index in [4.69, 9.17) is 5.73 Å². The Bertz CT molecular complexity index is 333. The molecule has 1 heterocycles. The van der Waals surface area contributed by atoms with Crippen molar-refractivity contribution >= 4 is 5.91 Å². The molecule has 1 rings (SSSR count). The molecule has 0 saturated heterocycles.